The molecule has 0 aliphatic heterocycles. The number of aryl methyl sites for hydroxylation is 1. The summed E-state index contributed by atoms with van der Waals surface area (Å²) in [5, 5.41) is 10.6. The summed E-state index contributed by atoms with van der Waals surface area (Å²) in [6.45, 7) is 1.80. The Labute approximate surface area is 233 Å². The van der Waals surface area contributed by atoms with Gasteiger partial charge < -0.3 is 19.5 Å². The zero-order valence-corrected chi connectivity index (χ0v) is 22.2. The first-order valence-electron chi connectivity index (χ1n) is 11.4. The van der Waals surface area contributed by atoms with Crippen LogP contribution in [0.2, 0.25) is 0 Å². The van der Waals surface area contributed by atoms with E-state index in [1.165, 1.54) is 54.1 Å². The van der Waals surface area contributed by atoms with Crippen LogP contribution in [0.25, 0.3) is 0 Å². The number of nitrogens with zero attached hydrogens (tertiary/aromatic N) is 4. The van der Waals surface area contributed by atoms with Gasteiger partial charge in [-0.2, -0.15) is 5.26 Å². The van der Waals surface area contributed by atoms with Crippen LogP contribution in [0.4, 0.5) is 24.0 Å². The molecule has 2 heterocycles. The van der Waals surface area contributed by atoms with Crippen LogP contribution >= 0.6 is 11.3 Å². The van der Waals surface area contributed by atoms with E-state index in [1.807, 2.05) is 6.07 Å². The molecule has 2 atom stereocenters. The molecular formula is C26H19F3N5O4S2-. The summed E-state index contributed by atoms with van der Waals surface area (Å²) in [5.41, 5.74) is 1.90. The van der Waals surface area contributed by atoms with Gasteiger partial charge in [-0.25, -0.2) is 4.98 Å². The van der Waals surface area contributed by atoms with Crippen LogP contribution in [0.15, 0.2) is 73.1 Å². The number of halogens is 3. The Bertz CT molecular complexity index is 1540. The number of nitriles is 1. The molecule has 1 N–H and O–H groups in total. The van der Waals surface area contributed by atoms with Gasteiger partial charge in [0.1, 0.15) is 16.8 Å². The van der Waals surface area contributed by atoms with Gasteiger partial charge in [-0.05, 0) is 66.0 Å². The number of benzene rings is 2. The standard InChI is InChI=1S/C26H20F3N5O4S2/c1-16-22(23(35)33-24(40(36)37)19-3-2-12-31-14-19)32-25(39-16)34(20-8-4-17(13-30)5-9-20)15-18-6-10-21(11-7-18)38-26(27,28)29/h2-12,14,24H,15H2,1H3,(H,33,35)(H,36,37)/p-1. The Morgan fingerprint density at radius 1 is 1.20 bits per heavy atom. The highest BCUT2D eigenvalue weighted by molar-refractivity contribution is 7.79. The summed E-state index contributed by atoms with van der Waals surface area (Å²) < 4.78 is 65.3. The number of carbonyl (C=O) groups excluding carboxylic acids is 1. The number of anilines is 2. The van der Waals surface area contributed by atoms with E-state index in [0.717, 1.165) is 0 Å². The average Bonchev–Trinajstić information content (AvgIpc) is 3.32. The van der Waals surface area contributed by atoms with Gasteiger partial charge in [-0.15, -0.1) is 24.5 Å². The summed E-state index contributed by atoms with van der Waals surface area (Å²) in [6.07, 6.45) is -2.01. The number of hydrogen-bond donors (Lipinski definition) is 1. The Morgan fingerprint density at radius 3 is 2.48 bits per heavy atom. The molecule has 0 aliphatic rings. The smallest absolute Gasteiger partial charge is 0.573 e. The summed E-state index contributed by atoms with van der Waals surface area (Å²) in [6, 6.07) is 16.9. The predicted molar refractivity (Wildman–Crippen MR) is 140 cm³/mol. The Morgan fingerprint density at radius 2 is 1.90 bits per heavy atom. The van der Waals surface area contributed by atoms with E-state index < -0.39 is 28.7 Å². The van der Waals surface area contributed by atoms with Crippen molar-refractivity contribution >= 4 is 39.1 Å². The number of aromatic nitrogens is 2. The van der Waals surface area contributed by atoms with E-state index in [2.05, 4.69) is 20.0 Å². The summed E-state index contributed by atoms with van der Waals surface area (Å²) in [7, 11) is 0. The predicted octanol–water partition coefficient (Wildman–Crippen LogP) is 5.26. The third-order valence-electron chi connectivity index (χ3n) is 5.48. The second kappa shape index (κ2) is 12.2. The lowest BCUT2D eigenvalue weighted by Gasteiger charge is -2.23. The summed E-state index contributed by atoms with van der Waals surface area (Å²) >= 11 is -1.52. The van der Waals surface area contributed by atoms with Crippen LogP contribution in [0, 0.1) is 18.3 Å². The number of thiazole rings is 1. The quantitative estimate of drug-likeness (QED) is 0.263. The maximum atomic E-state index is 13.1. The van der Waals surface area contributed by atoms with Crippen LogP contribution < -0.4 is 15.0 Å². The van der Waals surface area contributed by atoms with Crippen molar-refractivity contribution in [2.75, 3.05) is 4.90 Å². The maximum Gasteiger partial charge on any atom is 0.573 e. The van der Waals surface area contributed by atoms with Gasteiger partial charge in [0.25, 0.3) is 5.91 Å². The van der Waals surface area contributed by atoms with E-state index in [9.17, 15) is 26.7 Å². The fraction of sp³-hybridized carbons (Fsp3) is 0.154. The second-order valence-corrected chi connectivity index (χ2v) is 10.4. The topological polar surface area (TPSA) is 131 Å². The van der Waals surface area contributed by atoms with Crippen LogP contribution in [-0.2, 0) is 17.6 Å². The molecule has 2 aromatic carbocycles. The van der Waals surface area contributed by atoms with Gasteiger partial charge >= 0.3 is 6.36 Å². The fourth-order valence-electron chi connectivity index (χ4n) is 3.63. The van der Waals surface area contributed by atoms with Crippen LogP contribution in [0.1, 0.15) is 37.4 Å². The zero-order chi connectivity index (χ0) is 28.9. The molecule has 206 valence electrons. The normalized spacial score (nSPS) is 12.7. The van der Waals surface area contributed by atoms with Crippen LogP contribution in [0.5, 0.6) is 5.75 Å². The van der Waals surface area contributed by atoms with Gasteiger partial charge in [0.15, 0.2) is 5.13 Å². The highest BCUT2D eigenvalue weighted by atomic mass is 32.2. The second-order valence-electron chi connectivity index (χ2n) is 8.24. The molecule has 14 heteroatoms. The lowest BCUT2D eigenvalue weighted by atomic mass is 10.1. The molecule has 1 amide bonds. The fourth-order valence-corrected chi connectivity index (χ4v) is 5.12. The third kappa shape index (κ3) is 7.20. The van der Waals surface area contributed by atoms with Gasteiger partial charge in [0.2, 0.25) is 0 Å². The van der Waals surface area contributed by atoms with Crippen molar-refractivity contribution in [3.8, 4) is 11.8 Å². The lowest BCUT2D eigenvalue weighted by Crippen LogP contribution is -2.32. The molecule has 0 saturated carbocycles. The van der Waals surface area contributed by atoms with Crippen molar-refractivity contribution in [1.82, 2.24) is 15.3 Å². The zero-order valence-electron chi connectivity index (χ0n) is 20.6. The van der Waals surface area contributed by atoms with Gasteiger partial charge in [-0.1, -0.05) is 18.2 Å². The third-order valence-corrected chi connectivity index (χ3v) is 7.25. The van der Waals surface area contributed by atoms with Crippen LogP contribution in [-0.4, -0.2) is 31.0 Å². The molecule has 0 bridgehead atoms. The van der Waals surface area contributed by atoms with E-state index in [1.54, 1.807) is 42.2 Å². The molecule has 2 unspecified atom stereocenters. The minimum atomic E-state index is -4.82. The van der Waals surface area contributed by atoms with Crippen molar-refractivity contribution in [3.63, 3.8) is 0 Å². The molecule has 2 aromatic heterocycles. The Hall–Kier alpha value is -4.32. The number of rotatable bonds is 9. The molecule has 0 spiro atoms. The Balaban J connectivity index is 1.64. The average molecular weight is 587 g/mol. The van der Waals surface area contributed by atoms with E-state index >= 15 is 0 Å². The molecule has 40 heavy (non-hydrogen) atoms. The number of nitrogens with one attached hydrogen (secondary N) is 1. The number of alkyl halides is 3. The molecular weight excluding hydrogens is 567 g/mol. The largest absolute Gasteiger partial charge is 0.770 e. The molecule has 0 saturated heterocycles. The van der Waals surface area contributed by atoms with E-state index in [4.69, 9.17) is 5.26 Å². The van der Waals surface area contributed by atoms with Gasteiger partial charge in [0.05, 0.1) is 18.2 Å². The van der Waals surface area contributed by atoms with E-state index in [-0.39, 0.29) is 23.6 Å². The van der Waals surface area contributed by atoms with Crippen molar-refractivity contribution in [2.45, 2.75) is 25.2 Å². The summed E-state index contributed by atoms with van der Waals surface area (Å²) in [4.78, 5) is 23.7. The molecule has 0 fully saturated rings. The highest BCUT2D eigenvalue weighted by Gasteiger charge is 2.31. The molecule has 9 nitrogen and oxygen atoms in total. The highest BCUT2D eigenvalue weighted by Crippen LogP contribution is 2.34. The van der Waals surface area contributed by atoms with Gasteiger partial charge in [-0.3, -0.25) is 14.0 Å². The monoisotopic (exact) mass is 586 g/mol. The van der Waals surface area contributed by atoms with Crippen molar-refractivity contribution in [1.29, 1.82) is 5.26 Å². The number of pyridine rings is 1. The number of amides is 1. The molecule has 4 rings (SSSR count). The Kier molecular flexibility index (Phi) is 8.78. The lowest BCUT2D eigenvalue weighted by molar-refractivity contribution is -0.274. The molecule has 0 radical (unpaired) electrons. The maximum absolute atomic E-state index is 13.1. The summed E-state index contributed by atoms with van der Waals surface area (Å²) in [5.74, 6) is -1.09. The number of ether oxygens (including phenoxy) is 1. The minimum Gasteiger partial charge on any atom is -0.770 e. The number of carbonyl (C=O) groups is 1. The number of hydrogen-bond acceptors (Lipinski definition) is 9. The first-order chi connectivity index (χ1) is 19.0. The molecule has 4 aromatic rings. The van der Waals surface area contributed by atoms with Crippen molar-refractivity contribution in [2.24, 2.45) is 0 Å². The minimum absolute atomic E-state index is 0.00640. The SMILES string of the molecule is Cc1sc(N(Cc2ccc(OC(F)(F)F)cc2)c2ccc(C#N)cc2)nc1C(=O)NC(c1cccnc1)S(=O)[O-]. The van der Waals surface area contributed by atoms with Gasteiger partial charge in [0, 0.05) is 28.5 Å². The van der Waals surface area contributed by atoms with Crippen LogP contribution in [0.3, 0.4) is 0 Å². The molecule has 0 aliphatic carbocycles. The first kappa shape index (κ1) is 28.7. The first-order valence-corrected chi connectivity index (χ1v) is 13.4. The van der Waals surface area contributed by atoms with E-state index in [0.29, 0.717) is 26.8 Å². The van der Waals surface area contributed by atoms with Crippen molar-refractivity contribution in [3.05, 3.63) is 100 Å². The van der Waals surface area contributed by atoms with Crippen molar-refractivity contribution < 1.29 is 31.5 Å².